The maximum atomic E-state index is 11.2. The predicted octanol–water partition coefficient (Wildman–Crippen LogP) is 2.58. The fourth-order valence-corrected chi connectivity index (χ4v) is 1.59. The molecule has 1 N–H and O–H groups in total. The summed E-state index contributed by atoms with van der Waals surface area (Å²) in [5, 5.41) is 2.75. The van der Waals surface area contributed by atoms with Crippen LogP contribution in [0.4, 0.5) is 4.79 Å². The van der Waals surface area contributed by atoms with Crippen molar-refractivity contribution in [1.29, 1.82) is 0 Å². The Morgan fingerprint density at radius 2 is 1.92 bits per heavy atom. The van der Waals surface area contributed by atoms with Crippen LogP contribution in [-0.2, 0) is 4.74 Å². The number of carbonyl (C=O) groups is 1. The first-order chi connectivity index (χ1) is 5.31. The highest BCUT2D eigenvalue weighted by atomic mass is 33.2. The highest BCUT2D eigenvalue weighted by Crippen LogP contribution is 2.62. The number of rotatable bonds is 1. The summed E-state index contributed by atoms with van der Waals surface area (Å²) in [5.74, 6) is 0. The largest absolute Gasteiger partial charge is 0.444 e. The van der Waals surface area contributed by atoms with Gasteiger partial charge in [0.25, 0.3) is 0 Å². The molecule has 12 heavy (non-hydrogen) atoms. The number of carbonyl (C=O) groups excluding carboxylic acids is 1. The zero-order valence-corrected chi connectivity index (χ0v) is 9.27. The van der Waals surface area contributed by atoms with Crippen LogP contribution in [0.1, 0.15) is 27.7 Å². The second kappa shape index (κ2) is 3.03. The van der Waals surface area contributed by atoms with Crippen LogP contribution in [0.2, 0.25) is 0 Å². The summed E-state index contributed by atoms with van der Waals surface area (Å²) >= 11 is 0. The van der Waals surface area contributed by atoms with Crippen molar-refractivity contribution in [3.05, 3.63) is 0 Å². The fourth-order valence-electron chi connectivity index (χ4n) is 0.593. The van der Waals surface area contributed by atoms with E-state index in [0.717, 1.165) is 0 Å². The molecular weight excluding hydrogens is 194 g/mol. The lowest BCUT2D eigenvalue weighted by atomic mass is 10.2. The molecule has 1 aliphatic rings. The highest BCUT2D eigenvalue weighted by molar-refractivity contribution is 8.93. The third-order valence-corrected chi connectivity index (χ3v) is 3.93. The van der Waals surface area contributed by atoms with Gasteiger partial charge in [0.1, 0.15) is 5.60 Å². The monoisotopic (exact) mass is 207 g/mol. The van der Waals surface area contributed by atoms with Gasteiger partial charge in [0.15, 0.2) is 4.20 Å². The van der Waals surface area contributed by atoms with E-state index in [1.807, 2.05) is 27.7 Å². The Morgan fingerprint density at radius 3 is 2.25 bits per heavy atom. The van der Waals surface area contributed by atoms with Gasteiger partial charge in [0.2, 0.25) is 0 Å². The van der Waals surface area contributed by atoms with Crippen molar-refractivity contribution in [2.45, 2.75) is 37.5 Å². The lowest BCUT2D eigenvalue weighted by Gasteiger charge is -2.20. The lowest BCUT2D eigenvalue weighted by molar-refractivity contribution is 0.0521. The van der Waals surface area contributed by atoms with E-state index >= 15 is 0 Å². The Kier molecular flexibility index (Phi) is 2.54. The number of hydrogen-bond acceptors (Lipinski definition) is 4. The van der Waals surface area contributed by atoms with Crippen molar-refractivity contribution in [3.63, 3.8) is 0 Å². The van der Waals surface area contributed by atoms with Crippen LogP contribution < -0.4 is 5.32 Å². The molecule has 0 aromatic rings. The fraction of sp³-hybridized carbons (Fsp3) is 0.857. The Balaban J connectivity index is 2.30. The van der Waals surface area contributed by atoms with E-state index in [1.165, 1.54) is 0 Å². The van der Waals surface area contributed by atoms with Gasteiger partial charge in [-0.2, -0.15) is 0 Å². The number of nitrogens with one attached hydrogen (secondary N) is 1. The molecule has 0 aliphatic carbocycles. The van der Waals surface area contributed by atoms with Crippen LogP contribution in [0.15, 0.2) is 0 Å². The summed E-state index contributed by atoms with van der Waals surface area (Å²) in [6.45, 7) is 7.50. The Bertz CT molecular complexity index is 187. The maximum absolute atomic E-state index is 11.2. The Hall–Kier alpha value is -0.0300. The number of amides is 1. The van der Waals surface area contributed by atoms with Gasteiger partial charge in [-0.05, 0) is 27.7 Å². The van der Waals surface area contributed by atoms with Crippen LogP contribution in [-0.4, -0.2) is 15.9 Å². The summed E-state index contributed by atoms with van der Waals surface area (Å²) in [4.78, 5) is 11.2. The van der Waals surface area contributed by atoms with Crippen molar-refractivity contribution >= 4 is 27.7 Å². The molecule has 1 heterocycles. The van der Waals surface area contributed by atoms with Gasteiger partial charge < -0.3 is 4.74 Å². The zero-order valence-electron chi connectivity index (χ0n) is 7.63. The van der Waals surface area contributed by atoms with Crippen molar-refractivity contribution < 1.29 is 9.53 Å². The van der Waals surface area contributed by atoms with Gasteiger partial charge in [-0.1, -0.05) is 21.6 Å². The quantitative estimate of drug-likeness (QED) is 0.530. The summed E-state index contributed by atoms with van der Waals surface area (Å²) in [6, 6.07) is 0. The Morgan fingerprint density at radius 1 is 1.42 bits per heavy atom. The summed E-state index contributed by atoms with van der Waals surface area (Å²) in [6.07, 6.45) is -0.345. The van der Waals surface area contributed by atoms with E-state index in [0.29, 0.717) is 0 Å². The van der Waals surface area contributed by atoms with Crippen LogP contribution in [0, 0.1) is 0 Å². The average Bonchev–Trinajstić information content (AvgIpc) is 2.40. The van der Waals surface area contributed by atoms with E-state index in [4.69, 9.17) is 4.74 Å². The standard InChI is InChI=1S/C7H13NO2S2/c1-6(2,3)10-5(9)8-7(4)11-12-7/h1-4H3,(H,8,9). The molecule has 0 aromatic carbocycles. The van der Waals surface area contributed by atoms with E-state index in [2.05, 4.69) is 5.32 Å². The molecule has 0 aromatic heterocycles. The minimum atomic E-state index is -0.412. The molecule has 1 saturated heterocycles. The average molecular weight is 207 g/mol. The lowest BCUT2D eigenvalue weighted by Crippen LogP contribution is -2.37. The minimum Gasteiger partial charge on any atom is -0.444 e. The number of hydrogen-bond donors (Lipinski definition) is 1. The maximum Gasteiger partial charge on any atom is 0.409 e. The Labute approximate surface area is 80.4 Å². The molecule has 1 fully saturated rings. The topological polar surface area (TPSA) is 38.3 Å². The van der Waals surface area contributed by atoms with E-state index in [-0.39, 0.29) is 10.3 Å². The number of ether oxygens (including phenoxy) is 1. The van der Waals surface area contributed by atoms with Gasteiger partial charge in [0, 0.05) is 0 Å². The molecule has 1 rings (SSSR count). The predicted molar refractivity (Wildman–Crippen MR) is 53.0 cm³/mol. The molecule has 0 saturated carbocycles. The van der Waals surface area contributed by atoms with Crippen LogP contribution in [0.5, 0.6) is 0 Å². The molecule has 0 unspecified atom stereocenters. The molecule has 0 spiro atoms. The molecule has 0 radical (unpaired) electrons. The normalized spacial score (nSPS) is 20.0. The van der Waals surface area contributed by atoms with Gasteiger partial charge in [-0.25, -0.2) is 4.79 Å². The summed E-state index contributed by atoms with van der Waals surface area (Å²) in [5.41, 5.74) is -0.412. The first kappa shape index (κ1) is 10.1. The van der Waals surface area contributed by atoms with Crippen molar-refractivity contribution in [3.8, 4) is 0 Å². The SMILES string of the molecule is CC(C)(C)OC(=O)NC1(C)SS1. The number of alkyl carbamates (subject to hydrolysis) is 1. The van der Waals surface area contributed by atoms with Crippen LogP contribution >= 0.6 is 21.6 Å². The second-order valence-electron chi connectivity index (χ2n) is 3.74. The van der Waals surface area contributed by atoms with Crippen molar-refractivity contribution in [2.24, 2.45) is 0 Å². The van der Waals surface area contributed by atoms with E-state index < -0.39 is 5.60 Å². The molecular formula is C7H13NO2S2. The minimum absolute atomic E-state index is 0.150. The third-order valence-electron chi connectivity index (χ3n) is 1.06. The van der Waals surface area contributed by atoms with Gasteiger partial charge in [-0.3, -0.25) is 5.32 Å². The smallest absolute Gasteiger partial charge is 0.409 e. The third kappa shape index (κ3) is 3.58. The molecule has 0 bridgehead atoms. The van der Waals surface area contributed by atoms with Crippen LogP contribution in [0.3, 0.4) is 0 Å². The van der Waals surface area contributed by atoms with Gasteiger partial charge in [-0.15, -0.1) is 0 Å². The molecule has 0 atom stereocenters. The first-order valence-electron chi connectivity index (χ1n) is 3.69. The van der Waals surface area contributed by atoms with Crippen LogP contribution in [0.25, 0.3) is 0 Å². The highest BCUT2D eigenvalue weighted by Gasteiger charge is 2.43. The second-order valence-corrected chi connectivity index (χ2v) is 6.96. The van der Waals surface area contributed by atoms with Gasteiger partial charge in [0.05, 0.1) is 0 Å². The molecule has 70 valence electrons. The molecule has 3 nitrogen and oxygen atoms in total. The van der Waals surface area contributed by atoms with Crippen molar-refractivity contribution in [2.75, 3.05) is 0 Å². The first-order valence-corrected chi connectivity index (χ1v) is 5.84. The summed E-state index contributed by atoms with van der Waals surface area (Å²) < 4.78 is 4.93. The van der Waals surface area contributed by atoms with Gasteiger partial charge >= 0.3 is 6.09 Å². The molecule has 5 heteroatoms. The van der Waals surface area contributed by atoms with Crippen molar-refractivity contribution in [1.82, 2.24) is 5.32 Å². The van der Waals surface area contributed by atoms with E-state index in [1.54, 1.807) is 21.6 Å². The van der Waals surface area contributed by atoms with E-state index in [9.17, 15) is 4.79 Å². The molecule has 1 amide bonds. The zero-order chi connectivity index (χ0) is 9.41. The molecule has 1 aliphatic heterocycles. The summed E-state index contributed by atoms with van der Waals surface area (Å²) in [7, 11) is 3.26.